The molecule has 29 heavy (non-hydrogen) atoms. The van der Waals surface area contributed by atoms with Crippen LogP contribution in [0.3, 0.4) is 0 Å². The molecule has 0 radical (unpaired) electrons. The highest BCUT2D eigenvalue weighted by atomic mass is 35.5. The summed E-state index contributed by atoms with van der Waals surface area (Å²) in [7, 11) is 1.86. The molecule has 1 aliphatic rings. The van der Waals surface area contributed by atoms with Crippen molar-refractivity contribution in [2.24, 2.45) is 18.6 Å². The molecule has 0 aliphatic carbocycles. The number of hydrogen-bond acceptors (Lipinski definition) is 6. The lowest BCUT2D eigenvalue weighted by molar-refractivity contribution is 0.402. The van der Waals surface area contributed by atoms with Gasteiger partial charge in [0.2, 0.25) is 0 Å². The maximum atomic E-state index is 6.35. The predicted octanol–water partition coefficient (Wildman–Crippen LogP) is 3.52. The summed E-state index contributed by atoms with van der Waals surface area (Å²) >= 11 is 6.04. The van der Waals surface area contributed by atoms with E-state index in [2.05, 4.69) is 27.8 Å². The Labute approximate surface area is 174 Å². The number of rotatable bonds is 3. The third-order valence-corrected chi connectivity index (χ3v) is 5.34. The molecule has 1 atom stereocenters. The van der Waals surface area contributed by atoms with E-state index in [9.17, 15) is 0 Å². The van der Waals surface area contributed by atoms with Crippen molar-refractivity contribution >= 4 is 23.0 Å². The van der Waals surface area contributed by atoms with Crippen LogP contribution in [0, 0.1) is 0 Å². The van der Waals surface area contributed by atoms with Gasteiger partial charge < -0.3 is 16.1 Å². The SMILES string of the molecule is C/C(N)=C1\c2ccc(-c3cn(C)nn3)cc2C(Nc2ccc(Cl)cc2)CCN1N. The number of hydrazine groups is 1. The number of nitrogens with two attached hydrogens (primary N) is 2. The molecule has 150 valence electrons. The highest BCUT2D eigenvalue weighted by Crippen LogP contribution is 2.37. The molecule has 0 saturated heterocycles. The van der Waals surface area contributed by atoms with Gasteiger partial charge in [-0.2, -0.15) is 0 Å². The third-order valence-electron chi connectivity index (χ3n) is 5.09. The normalized spacial score (nSPS) is 18.2. The second kappa shape index (κ2) is 7.77. The Balaban J connectivity index is 1.82. The van der Waals surface area contributed by atoms with Gasteiger partial charge in [0, 0.05) is 41.1 Å². The number of benzene rings is 2. The molecule has 8 heteroatoms. The molecule has 5 N–H and O–H groups in total. The van der Waals surface area contributed by atoms with E-state index in [-0.39, 0.29) is 6.04 Å². The molecule has 2 heterocycles. The number of aryl methyl sites for hydroxylation is 1. The molecule has 1 unspecified atom stereocenters. The molecular formula is C21H24ClN7. The fraction of sp³-hybridized carbons (Fsp3) is 0.238. The summed E-state index contributed by atoms with van der Waals surface area (Å²) < 4.78 is 1.70. The fourth-order valence-corrected chi connectivity index (χ4v) is 3.86. The first-order valence-corrected chi connectivity index (χ1v) is 9.82. The van der Waals surface area contributed by atoms with Gasteiger partial charge >= 0.3 is 0 Å². The van der Waals surface area contributed by atoms with Crippen molar-refractivity contribution in [2.75, 3.05) is 11.9 Å². The minimum Gasteiger partial charge on any atom is -0.401 e. The molecular weight excluding hydrogens is 386 g/mol. The summed E-state index contributed by atoms with van der Waals surface area (Å²) in [6.07, 6.45) is 2.72. The quantitative estimate of drug-likeness (QED) is 0.572. The van der Waals surface area contributed by atoms with E-state index in [1.165, 1.54) is 0 Å². The van der Waals surface area contributed by atoms with Gasteiger partial charge in [0.15, 0.2) is 0 Å². The van der Waals surface area contributed by atoms with Gasteiger partial charge in [-0.15, -0.1) is 5.10 Å². The first-order chi connectivity index (χ1) is 13.9. The van der Waals surface area contributed by atoms with Crippen LogP contribution < -0.4 is 16.9 Å². The molecule has 1 aromatic heterocycles. The molecule has 0 bridgehead atoms. The van der Waals surface area contributed by atoms with E-state index in [1.54, 1.807) is 9.69 Å². The highest BCUT2D eigenvalue weighted by Gasteiger charge is 2.26. The summed E-state index contributed by atoms with van der Waals surface area (Å²) in [5.41, 5.74) is 12.7. The van der Waals surface area contributed by atoms with Crippen LogP contribution >= 0.6 is 11.6 Å². The average Bonchev–Trinajstić information content (AvgIpc) is 3.07. The van der Waals surface area contributed by atoms with Crippen molar-refractivity contribution in [2.45, 2.75) is 19.4 Å². The molecule has 4 rings (SSSR count). The van der Waals surface area contributed by atoms with Gasteiger partial charge in [0.1, 0.15) is 5.69 Å². The van der Waals surface area contributed by atoms with E-state index in [1.807, 2.05) is 50.5 Å². The van der Waals surface area contributed by atoms with Crippen molar-refractivity contribution in [1.82, 2.24) is 20.0 Å². The number of nitrogens with zero attached hydrogens (tertiary/aromatic N) is 4. The van der Waals surface area contributed by atoms with E-state index < -0.39 is 0 Å². The van der Waals surface area contributed by atoms with Crippen LogP contribution in [-0.4, -0.2) is 26.5 Å². The Bertz CT molecular complexity index is 1050. The smallest absolute Gasteiger partial charge is 0.113 e. The van der Waals surface area contributed by atoms with Crippen molar-refractivity contribution in [3.05, 3.63) is 70.5 Å². The molecule has 2 aromatic carbocycles. The lowest BCUT2D eigenvalue weighted by Crippen LogP contribution is -2.31. The molecule has 1 aliphatic heterocycles. The average molecular weight is 410 g/mol. The number of hydrogen-bond donors (Lipinski definition) is 3. The van der Waals surface area contributed by atoms with Crippen LogP contribution in [0.25, 0.3) is 17.0 Å². The number of nitrogens with one attached hydrogen (secondary N) is 1. The summed E-state index contributed by atoms with van der Waals surface area (Å²) in [5, 5.41) is 14.4. The monoisotopic (exact) mass is 409 g/mol. The Morgan fingerprint density at radius 1 is 1.21 bits per heavy atom. The molecule has 3 aromatic rings. The number of fused-ring (bicyclic) bond motifs is 1. The summed E-state index contributed by atoms with van der Waals surface area (Å²) in [4.78, 5) is 0. The van der Waals surface area contributed by atoms with E-state index in [0.717, 1.165) is 40.2 Å². The topological polar surface area (TPSA) is 98.0 Å². The second-order valence-corrected chi connectivity index (χ2v) is 7.73. The third kappa shape index (κ3) is 3.92. The zero-order chi connectivity index (χ0) is 20.5. The zero-order valence-corrected chi connectivity index (χ0v) is 17.2. The van der Waals surface area contributed by atoms with Crippen LogP contribution in [0.15, 0.2) is 54.4 Å². The second-order valence-electron chi connectivity index (χ2n) is 7.30. The van der Waals surface area contributed by atoms with E-state index in [4.69, 9.17) is 23.2 Å². The standard InChI is InChI=1S/C21H24ClN7/c1-13(23)21-17-8-3-14(20-12-28(2)27-26-20)11-18(17)19(9-10-29(21)24)25-16-6-4-15(22)5-7-16/h3-8,11-12,19,25H,9-10,23-24H2,1-2H3/b21-13-. The van der Waals surface area contributed by atoms with Crippen LogP contribution in [0.4, 0.5) is 5.69 Å². The van der Waals surface area contributed by atoms with Gasteiger partial charge in [0.05, 0.1) is 17.9 Å². The van der Waals surface area contributed by atoms with Crippen molar-refractivity contribution in [3.8, 4) is 11.3 Å². The summed E-state index contributed by atoms with van der Waals surface area (Å²) in [5.74, 6) is 6.35. The van der Waals surface area contributed by atoms with E-state index >= 15 is 0 Å². The number of aromatic nitrogens is 3. The largest absolute Gasteiger partial charge is 0.401 e. The van der Waals surface area contributed by atoms with Crippen molar-refractivity contribution in [3.63, 3.8) is 0 Å². The van der Waals surface area contributed by atoms with Crippen LogP contribution in [0.5, 0.6) is 0 Å². The maximum absolute atomic E-state index is 6.35. The Kier molecular flexibility index (Phi) is 5.17. The molecule has 0 saturated carbocycles. The number of allylic oxidation sites excluding steroid dienone is 1. The molecule has 0 amide bonds. The first kappa shape index (κ1) is 19.3. The van der Waals surface area contributed by atoms with E-state index in [0.29, 0.717) is 17.3 Å². The molecule has 7 nitrogen and oxygen atoms in total. The fourth-order valence-electron chi connectivity index (χ4n) is 3.73. The Hall–Kier alpha value is -3.03. The summed E-state index contributed by atoms with van der Waals surface area (Å²) in [6.45, 7) is 2.55. The van der Waals surface area contributed by atoms with Gasteiger partial charge in [0.25, 0.3) is 0 Å². The van der Waals surface area contributed by atoms with Crippen molar-refractivity contribution in [1.29, 1.82) is 0 Å². The van der Waals surface area contributed by atoms with Crippen LogP contribution in [-0.2, 0) is 7.05 Å². The first-order valence-electron chi connectivity index (χ1n) is 9.44. The minimum atomic E-state index is 0.0469. The van der Waals surface area contributed by atoms with Crippen LogP contribution in [0.2, 0.25) is 5.02 Å². The van der Waals surface area contributed by atoms with Crippen LogP contribution in [0.1, 0.15) is 30.5 Å². The maximum Gasteiger partial charge on any atom is 0.113 e. The lowest BCUT2D eigenvalue weighted by atomic mass is 9.94. The highest BCUT2D eigenvalue weighted by molar-refractivity contribution is 6.30. The molecule has 0 fully saturated rings. The van der Waals surface area contributed by atoms with Gasteiger partial charge in [-0.3, -0.25) is 4.68 Å². The Morgan fingerprint density at radius 3 is 2.62 bits per heavy atom. The predicted molar refractivity (Wildman–Crippen MR) is 117 cm³/mol. The summed E-state index contributed by atoms with van der Waals surface area (Å²) in [6, 6.07) is 14.0. The number of halogens is 1. The molecule has 0 spiro atoms. The minimum absolute atomic E-state index is 0.0469. The van der Waals surface area contributed by atoms with Gasteiger partial charge in [-0.25, -0.2) is 5.84 Å². The number of anilines is 1. The van der Waals surface area contributed by atoms with Crippen molar-refractivity contribution < 1.29 is 0 Å². The lowest BCUT2D eigenvalue weighted by Gasteiger charge is -2.22. The van der Waals surface area contributed by atoms with Gasteiger partial charge in [-0.1, -0.05) is 28.9 Å². The van der Waals surface area contributed by atoms with Gasteiger partial charge in [-0.05, 0) is 49.2 Å². The zero-order valence-electron chi connectivity index (χ0n) is 16.4. The Morgan fingerprint density at radius 2 is 1.97 bits per heavy atom.